The van der Waals surface area contributed by atoms with E-state index in [1.54, 1.807) is 25.1 Å². The number of fused-ring (bicyclic) bond motifs is 1. The highest BCUT2D eigenvalue weighted by molar-refractivity contribution is 5.96. The van der Waals surface area contributed by atoms with E-state index in [1.807, 2.05) is 0 Å². The number of aryl methyl sites for hydroxylation is 1. The van der Waals surface area contributed by atoms with Gasteiger partial charge in [0, 0.05) is 19.2 Å². The molecule has 2 heterocycles. The molecular weight excluding hydrogens is 246 g/mol. The molecular formula is C13H15N3O3. The van der Waals surface area contributed by atoms with Gasteiger partial charge in [-0.2, -0.15) is 0 Å². The summed E-state index contributed by atoms with van der Waals surface area (Å²) < 4.78 is 10.7. The number of benzene rings is 1. The van der Waals surface area contributed by atoms with Crippen molar-refractivity contribution in [2.75, 3.05) is 25.1 Å². The lowest BCUT2D eigenvalue weighted by atomic mass is 10.2. The number of rotatable bonds is 2. The van der Waals surface area contributed by atoms with Crippen LogP contribution in [0.25, 0.3) is 11.1 Å². The molecule has 1 amide bonds. The summed E-state index contributed by atoms with van der Waals surface area (Å²) in [7, 11) is 0. The maximum Gasteiger partial charge on any atom is 0.243 e. The second-order valence-electron chi connectivity index (χ2n) is 4.49. The van der Waals surface area contributed by atoms with Gasteiger partial charge in [-0.05, 0) is 18.2 Å². The van der Waals surface area contributed by atoms with Gasteiger partial charge in [0.2, 0.25) is 5.91 Å². The molecule has 0 bridgehead atoms. The fourth-order valence-corrected chi connectivity index (χ4v) is 2.08. The van der Waals surface area contributed by atoms with Crippen LogP contribution in [-0.4, -0.2) is 36.7 Å². The molecule has 1 saturated heterocycles. The molecule has 1 aromatic heterocycles. The highest BCUT2D eigenvalue weighted by atomic mass is 16.5. The Kier molecular flexibility index (Phi) is 3.18. The molecule has 0 radical (unpaired) electrons. The summed E-state index contributed by atoms with van der Waals surface area (Å²) in [6.45, 7) is 3.53. The Labute approximate surface area is 110 Å². The monoisotopic (exact) mass is 261 g/mol. The van der Waals surface area contributed by atoms with Gasteiger partial charge in [-0.15, -0.1) is 0 Å². The molecule has 0 aliphatic carbocycles. The second kappa shape index (κ2) is 4.99. The van der Waals surface area contributed by atoms with Crippen LogP contribution < -0.4 is 10.6 Å². The quantitative estimate of drug-likeness (QED) is 0.845. The summed E-state index contributed by atoms with van der Waals surface area (Å²) in [5.41, 5.74) is 2.16. The van der Waals surface area contributed by atoms with Gasteiger partial charge in [-0.1, -0.05) is 0 Å². The number of nitrogens with zero attached hydrogens (tertiary/aromatic N) is 1. The van der Waals surface area contributed by atoms with Crippen molar-refractivity contribution in [3.05, 3.63) is 24.1 Å². The van der Waals surface area contributed by atoms with E-state index in [2.05, 4.69) is 15.6 Å². The lowest BCUT2D eigenvalue weighted by Gasteiger charge is -2.22. The van der Waals surface area contributed by atoms with Crippen molar-refractivity contribution in [2.45, 2.75) is 13.0 Å². The van der Waals surface area contributed by atoms with Crippen molar-refractivity contribution in [3.8, 4) is 0 Å². The van der Waals surface area contributed by atoms with E-state index < -0.39 is 0 Å². The second-order valence-corrected chi connectivity index (χ2v) is 4.49. The molecule has 1 aliphatic rings. The predicted molar refractivity (Wildman–Crippen MR) is 70.0 cm³/mol. The van der Waals surface area contributed by atoms with Gasteiger partial charge in [-0.3, -0.25) is 4.79 Å². The largest absolute Gasteiger partial charge is 0.441 e. The molecule has 2 N–H and O–H groups in total. The minimum atomic E-state index is -0.302. The lowest BCUT2D eigenvalue weighted by Crippen LogP contribution is -2.48. The topological polar surface area (TPSA) is 76.4 Å². The summed E-state index contributed by atoms with van der Waals surface area (Å²) in [6.07, 6.45) is 0. The van der Waals surface area contributed by atoms with Gasteiger partial charge in [0.05, 0.1) is 13.2 Å². The number of oxazole rings is 1. The molecule has 0 spiro atoms. The van der Waals surface area contributed by atoms with Crippen molar-refractivity contribution >= 4 is 22.7 Å². The SMILES string of the molecule is Cc1nc2cc(NC(=O)C3COCCN3)ccc2o1. The zero-order chi connectivity index (χ0) is 13.2. The average Bonchev–Trinajstić information content (AvgIpc) is 2.79. The third-order valence-corrected chi connectivity index (χ3v) is 3.00. The van der Waals surface area contributed by atoms with Gasteiger partial charge in [0.15, 0.2) is 11.5 Å². The maximum absolute atomic E-state index is 12.0. The van der Waals surface area contributed by atoms with Crippen LogP contribution in [0.3, 0.4) is 0 Å². The van der Waals surface area contributed by atoms with Crippen molar-refractivity contribution in [2.24, 2.45) is 0 Å². The third kappa shape index (κ3) is 2.59. The number of carbonyl (C=O) groups is 1. The Bertz CT molecular complexity index is 602. The molecule has 1 aromatic carbocycles. The van der Waals surface area contributed by atoms with Crippen LogP contribution in [0.4, 0.5) is 5.69 Å². The minimum absolute atomic E-state index is 0.0979. The van der Waals surface area contributed by atoms with Crippen LogP contribution in [0, 0.1) is 6.92 Å². The third-order valence-electron chi connectivity index (χ3n) is 3.00. The number of anilines is 1. The van der Waals surface area contributed by atoms with Crippen molar-refractivity contribution in [3.63, 3.8) is 0 Å². The molecule has 0 saturated carbocycles. The molecule has 1 unspecified atom stereocenters. The highest BCUT2D eigenvalue weighted by Gasteiger charge is 2.21. The first-order chi connectivity index (χ1) is 9.22. The van der Waals surface area contributed by atoms with Crippen LogP contribution in [0.15, 0.2) is 22.6 Å². The molecule has 1 atom stereocenters. The number of carbonyl (C=O) groups excluding carboxylic acids is 1. The molecule has 6 nitrogen and oxygen atoms in total. The van der Waals surface area contributed by atoms with E-state index >= 15 is 0 Å². The normalized spacial score (nSPS) is 19.5. The fraction of sp³-hybridized carbons (Fsp3) is 0.385. The van der Waals surface area contributed by atoms with Crippen molar-refractivity contribution < 1.29 is 13.9 Å². The smallest absolute Gasteiger partial charge is 0.243 e. The van der Waals surface area contributed by atoms with Crippen LogP contribution in [0.5, 0.6) is 0 Å². The fourth-order valence-electron chi connectivity index (χ4n) is 2.08. The van der Waals surface area contributed by atoms with E-state index in [0.717, 1.165) is 11.1 Å². The van der Waals surface area contributed by atoms with E-state index in [-0.39, 0.29) is 11.9 Å². The summed E-state index contributed by atoms with van der Waals surface area (Å²) in [5.74, 6) is 0.514. The number of aromatic nitrogens is 1. The zero-order valence-corrected chi connectivity index (χ0v) is 10.6. The molecule has 1 aliphatic heterocycles. The van der Waals surface area contributed by atoms with Gasteiger partial charge < -0.3 is 19.8 Å². The molecule has 19 heavy (non-hydrogen) atoms. The van der Waals surface area contributed by atoms with Crippen molar-refractivity contribution in [1.29, 1.82) is 0 Å². The van der Waals surface area contributed by atoms with Gasteiger partial charge in [0.25, 0.3) is 0 Å². The standard InChI is InChI=1S/C13H15N3O3/c1-8-15-10-6-9(2-3-12(10)19-8)16-13(17)11-7-18-5-4-14-11/h2-3,6,11,14H,4-5,7H2,1H3,(H,16,17). The van der Waals surface area contributed by atoms with Crippen LogP contribution in [0.1, 0.15) is 5.89 Å². The molecule has 100 valence electrons. The van der Waals surface area contributed by atoms with Gasteiger partial charge >= 0.3 is 0 Å². The number of ether oxygens (including phenoxy) is 1. The van der Waals surface area contributed by atoms with E-state index in [4.69, 9.17) is 9.15 Å². The lowest BCUT2D eigenvalue weighted by molar-refractivity contribution is -0.120. The number of nitrogens with one attached hydrogen (secondary N) is 2. The van der Waals surface area contributed by atoms with E-state index in [0.29, 0.717) is 31.3 Å². The summed E-state index contributed by atoms with van der Waals surface area (Å²) in [5, 5.41) is 5.96. The summed E-state index contributed by atoms with van der Waals surface area (Å²) >= 11 is 0. The molecule has 1 fully saturated rings. The molecule has 2 aromatic rings. The van der Waals surface area contributed by atoms with Crippen LogP contribution >= 0.6 is 0 Å². The first-order valence-electron chi connectivity index (χ1n) is 6.21. The summed E-state index contributed by atoms with van der Waals surface area (Å²) in [4.78, 5) is 16.2. The maximum atomic E-state index is 12.0. The Hall–Kier alpha value is -1.92. The van der Waals surface area contributed by atoms with E-state index in [1.165, 1.54) is 0 Å². The first kappa shape index (κ1) is 12.1. The van der Waals surface area contributed by atoms with E-state index in [9.17, 15) is 4.79 Å². The number of amides is 1. The predicted octanol–water partition coefficient (Wildman–Crippen LogP) is 1.06. The minimum Gasteiger partial charge on any atom is -0.441 e. The van der Waals surface area contributed by atoms with Crippen LogP contribution in [-0.2, 0) is 9.53 Å². The van der Waals surface area contributed by atoms with Crippen molar-refractivity contribution in [1.82, 2.24) is 10.3 Å². The first-order valence-corrected chi connectivity index (χ1v) is 6.21. The Morgan fingerprint density at radius 3 is 3.21 bits per heavy atom. The Balaban J connectivity index is 1.74. The average molecular weight is 261 g/mol. The van der Waals surface area contributed by atoms with Gasteiger partial charge in [0.1, 0.15) is 11.6 Å². The number of hydrogen-bond donors (Lipinski definition) is 2. The van der Waals surface area contributed by atoms with Crippen LogP contribution in [0.2, 0.25) is 0 Å². The highest BCUT2D eigenvalue weighted by Crippen LogP contribution is 2.19. The number of hydrogen-bond acceptors (Lipinski definition) is 5. The summed E-state index contributed by atoms with van der Waals surface area (Å²) in [6, 6.07) is 5.10. The molecule has 3 rings (SSSR count). The Morgan fingerprint density at radius 2 is 2.42 bits per heavy atom. The number of morpholine rings is 1. The molecule has 6 heteroatoms. The Morgan fingerprint density at radius 1 is 1.53 bits per heavy atom. The van der Waals surface area contributed by atoms with Gasteiger partial charge in [-0.25, -0.2) is 4.98 Å². The zero-order valence-electron chi connectivity index (χ0n) is 10.6.